The molecular formula is C18H14F2N2O2S. The van der Waals surface area contributed by atoms with Crippen LogP contribution in [0.4, 0.5) is 13.9 Å². The maximum atomic E-state index is 13.3. The lowest BCUT2D eigenvalue weighted by molar-refractivity contribution is -0.116. The van der Waals surface area contributed by atoms with Gasteiger partial charge in [-0.2, -0.15) is 0 Å². The van der Waals surface area contributed by atoms with E-state index in [4.69, 9.17) is 4.74 Å². The summed E-state index contributed by atoms with van der Waals surface area (Å²) in [5, 5.41) is 4.73. The van der Waals surface area contributed by atoms with Crippen LogP contribution in [0.3, 0.4) is 0 Å². The van der Waals surface area contributed by atoms with Gasteiger partial charge in [0.1, 0.15) is 5.75 Å². The third kappa shape index (κ3) is 4.60. The molecule has 0 unspecified atom stereocenters. The fourth-order valence-electron chi connectivity index (χ4n) is 2.08. The van der Waals surface area contributed by atoms with Crippen LogP contribution >= 0.6 is 11.3 Å². The smallest absolute Gasteiger partial charge is 0.229 e. The molecule has 1 aromatic heterocycles. The number of nitrogens with zero attached hydrogens (tertiary/aromatic N) is 1. The molecule has 1 amide bonds. The second kappa shape index (κ2) is 7.85. The predicted octanol–water partition coefficient (Wildman–Crippen LogP) is 4.50. The Bertz CT molecular complexity index is 869. The van der Waals surface area contributed by atoms with Crippen molar-refractivity contribution in [3.63, 3.8) is 0 Å². The molecule has 0 aliphatic carbocycles. The molecule has 7 heteroatoms. The number of hydrogen-bond acceptors (Lipinski definition) is 4. The average molecular weight is 360 g/mol. The van der Waals surface area contributed by atoms with Crippen molar-refractivity contribution >= 4 is 22.4 Å². The van der Waals surface area contributed by atoms with Gasteiger partial charge in [-0.25, -0.2) is 13.8 Å². The van der Waals surface area contributed by atoms with E-state index in [9.17, 15) is 13.6 Å². The number of anilines is 1. The standard InChI is InChI=1S/C18H14F2N2O2S/c19-14-7-6-12(10-15(14)20)16-11-25-18(21-16)22-17(23)8-9-24-13-4-2-1-3-5-13/h1-7,10-11H,8-9H2,(H,21,22,23). The quantitative estimate of drug-likeness (QED) is 0.704. The minimum Gasteiger partial charge on any atom is -0.493 e. The molecule has 1 heterocycles. The fraction of sp³-hybridized carbons (Fsp3) is 0.111. The van der Waals surface area contributed by atoms with Crippen molar-refractivity contribution in [2.45, 2.75) is 6.42 Å². The lowest BCUT2D eigenvalue weighted by Crippen LogP contribution is -2.15. The van der Waals surface area contributed by atoms with Crippen LogP contribution < -0.4 is 10.1 Å². The largest absolute Gasteiger partial charge is 0.493 e. The summed E-state index contributed by atoms with van der Waals surface area (Å²) in [4.78, 5) is 16.1. The highest BCUT2D eigenvalue weighted by atomic mass is 32.1. The van der Waals surface area contributed by atoms with Gasteiger partial charge in [0.2, 0.25) is 5.91 Å². The zero-order chi connectivity index (χ0) is 17.6. The first-order chi connectivity index (χ1) is 12.1. The number of benzene rings is 2. The van der Waals surface area contributed by atoms with Crippen molar-refractivity contribution in [3.8, 4) is 17.0 Å². The molecule has 1 N–H and O–H groups in total. The SMILES string of the molecule is O=C(CCOc1ccccc1)Nc1nc(-c2ccc(F)c(F)c2)cs1. The van der Waals surface area contributed by atoms with Gasteiger partial charge in [-0.1, -0.05) is 18.2 Å². The van der Waals surface area contributed by atoms with Crippen LogP contribution in [0.25, 0.3) is 11.3 Å². The summed E-state index contributed by atoms with van der Waals surface area (Å²) in [6.07, 6.45) is 0.176. The van der Waals surface area contributed by atoms with Crippen molar-refractivity contribution in [2.24, 2.45) is 0 Å². The number of thiazole rings is 1. The molecule has 128 valence electrons. The molecular weight excluding hydrogens is 346 g/mol. The third-order valence-corrected chi connectivity index (χ3v) is 4.06. The second-order valence-corrected chi connectivity index (χ2v) is 5.98. The van der Waals surface area contributed by atoms with Gasteiger partial charge < -0.3 is 10.1 Å². The van der Waals surface area contributed by atoms with Gasteiger partial charge in [0.15, 0.2) is 16.8 Å². The van der Waals surface area contributed by atoms with E-state index in [2.05, 4.69) is 10.3 Å². The maximum Gasteiger partial charge on any atom is 0.229 e. The van der Waals surface area contributed by atoms with Crippen molar-refractivity contribution in [3.05, 3.63) is 65.5 Å². The minimum absolute atomic E-state index is 0.176. The molecule has 0 radical (unpaired) electrons. The Hall–Kier alpha value is -2.80. The van der Waals surface area contributed by atoms with E-state index in [1.54, 1.807) is 5.38 Å². The molecule has 3 rings (SSSR count). The van der Waals surface area contributed by atoms with E-state index in [0.717, 1.165) is 12.1 Å². The molecule has 3 aromatic rings. The van der Waals surface area contributed by atoms with Crippen molar-refractivity contribution < 1.29 is 18.3 Å². The van der Waals surface area contributed by atoms with Crippen LogP contribution in [0.15, 0.2) is 53.9 Å². The second-order valence-electron chi connectivity index (χ2n) is 5.13. The van der Waals surface area contributed by atoms with Crippen molar-refractivity contribution in [2.75, 3.05) is 11.9 Å². The number of para-hydroxylation sites is 1. The Kier molecular flexibility index (Phi) is 5.35. The molecule has 0 spiro atoms. The number of halogens is 2. The van der Waals surface area contributed by atoms with Gasteiger partial charge >= 0.3 is 0 Å². The summed E-state index contributed by atoms with van der Waals surface area (Å²) < 4.78 is 31.7. The summed E-state index contributed by atoms with van der Waals surface area (Å²) in [5.74, 6) is -1.38. The van der Waals surface area contributed by atoms with E-state index >= 15 is 0 Å². The normalized spacial score (nSPS) is 10.5. The van der Waals surface area contributed by atoms with Crippen LogP contribution in [-0.2, 0) is 4.79 Å². The number of aromatic nitrogens is 1. The Morgan fingerprint density at radius 1 is 1.12 bits per heavy atom. The topological polar surface area (TPSA) is 51.2 Å². The first-order valence-corrected chi connectivity index (χ1v) is 8.38. The predicted molar refractivity (Wildman–Crippen MR) is 92.6 cm³/mol. The van der Waals surface area contributed by atoms with E-state index in [0.29, 0.717) is 22.1 Å². The van der Waals surface area contributed by atoms with Crippen LogP contribution in [0, 0.1) is 11.6 Å². The van der Waals surface area contributed by atoms with Crippen LogP contribution in [-0.4, -0.2) is 17.5 Å². The average Bonchev–Trinajstić information content (AvgIpc) is 3.06. The first kappa shape index (κ1) is 17.0. The van der Waals surface area contributed by atoms with Gasteiger partial charge in [-0.05, 0) is 30.3 Å². The minimum atomic E-state index is -0.936. The number of carbonyl (C=O) groups is 1. The van der Waals surface area contributed by atoms with E-state index in [1.807, 2.05) is 30.3 Å². The molecule has 0 saturated carbocycles. The number of hydrogen-bond donors (Lipinski definition) is 1. The number of rotatable bonds is 6. The summed E-state index contributed by atoms with van der Waals surface area (Å²) in [7, 11) is 0. The molecule has 25 heavy (non-hydrogen) atoms. The van der Waals surface area contributed by atoms with Gasteiger partial charge in [-0.15, -0.1) is 11.3 Å². The van der Waals surface area contributed by atoms with E-state index < -0.39 is 11.6 Å². The van der Waals surface area contributed by atoms with Gasteiger partial charge in [0, 0.05) is 10.9 Å². The molecule has 0 bridgehead atoms. The fourth-order valence-corrected chi connectivity index (χ4v) is 2.82. The monoisotopic (exact) mass is 360 g/mol. The number of nitrogens with one attached hydrogen (secondary N) is 1. The lowest BCUT2D eigenvalue weighted by Gasteiger charge is -2.05. The number of amides is 1. The summed E-state index contributed by atoms with van der Waals surface area (Å²) in [5.41, 5.74) is 0.919. The van der Waals surface area contributed by atoms with Crippen LogP contribution in [0.5, 0.6) is 5.75 Å². The summed E-state index contributed by atoms with van der Waals surface area (Å²) in [6.45, 7) is 0.247. The molecule has 2 aromatic carbocycles. The molecule has 4 nitrogen and oxygen atoms in total. The van der Waals surface area contributed by atoms with Gasteiger partial charge in [0.05, 0.1) is 18.7 Å². The highest BCUT2D eigenvalue weighted by molar-refractivity contribution is 7.14. The maximum absolute atomic E-state index is 13.3. The molecule has 0 atom stereocenters. The Morgan fingerprint density at radius 2 is 1.92 bits per heavy atom. The van der Waals surface area contributed by atoms with Crippen LogP contribution in [0.2, 0.25) is 0 Å². The van der Waals surface area contributed by atoms with Gasteiger partial charge in [0.25, 0.3) is 0 Å². The molecule has 0 fully saturated rings. The van der Waals surface area contributed by atoms with E-state index in [1.165, 1.54) is 17.4 Å². The summed E-state index contributed by atoms with van der Waals surface area (Å²) in [6, 6.07) is 12.8. The summed E-state index contributed by atoms with van der Waals surface area (Å²) >= 11 is 1.21. The molecule has 0 aliphatic heterocycles. The third-order valence-electron chi connectivity index (χ3n) is 3.31. The van der Waals surface area contributed by atoms with E-state index in [-0.39, 0.29) is 18.9 Å². The number of ether oxygens (including phenoxy) is 1. The van der Waals surface area contributed by atoms with Crippen LogP contribution in [0.1, 0.15) is 6.42 Å². The Balaban J connectivity index is 1.54. The van der Waals surface area contributed by atoms with Gasteiger partial charge in [-0.3, -0.25) is 4.79 Å². The Labute approximate surface area is 147 Å². The Morgan fingerprint density at radius 3 is 2.68 bits per heavy atom. The first-order valence-electron chi connectivity index (χ1n) is 7.50. The zero-order valence-electron chi connectivity index (χ0n) is 13.0. The highest BCUT2D eigenvalue weighted by Crippen LogP contribution is 2.26. The number of carbonyl (C=O) groups excluding carboxylic acids is 1. The molecule has 0 saturated heterocycles. The zero-order valence-corrected chi connectivity index (χ0v) is 13.9. The highest BCUT2D eigenvalue weighted by Gasteiger charge is 2.10. The molecule has 0 aliphatic rings. The van der Waals surface area contributed by atoms with Crippen molar-refractivity contribution in [1.82, 2.24) is 4.98 Å². The van der Waals surface area contributed by atoms with Crippen molar-refractivity contribution in [1.29, 1.82) is 0 Å². The lowest BCUT2D eigenvalue weighted by atomic mass is 10.2.